The van der Waals surface area contributed by atoms with Crippen molar-refractivity contribution in [3.8, 4) is 11.5 Å². The number of rotatable bonds is 6. The summed E-state index contributed by atoms with van der Waals surface area (Å²) in [6.45, 7) is 0.471. The molecule has 2 heterocycles. The van der Waals surface area contributed by atoms with E-state index in [1.54, 1.807) is 24.5 Å². The maximum atomic E-state index is 12.3. The standard InChI is InChI=1S/C18H19N3O3/c1-21(2)15(13-7-4-3-5-8-13)12-19-18(22)14-11-17(24-20-14)16-9-6-10-23-16/h3-11,15H,12H2,1-2H3,(H,19,22). The van der Waals surface area contributed by atoms with Gasteiger partial charge in [-0.25, -0.2) is 0 Å². The first-order valence-electron chi connectivity index (χ1n) is 7.65. The molecule has 1 unspecified atom stereocenters. The molecule has 3 aromatic rings. The van der Waals surface area contributed by atoms with Crippen LogP contribution in [-0.2, 0) is 0 Å². The van der Waals surface area contributed by atoms with Crippen LogP contribution in [0.3, 0.4) is 0 Å². The van der Waals surface area contributed by atoms with Gasteiger partial charge < -0.3 is 19.2 Å². The molecule has 6 heteroatoms. The molecule has 0 aliphatic rings. The molecule has 1 amide bonds. The summed E-state index contributed by atoms with van der Waals surface area (Å²) >= 11 is 0. The Labute approximate surface area is 140 Å². The zero-order valence-corrected chi connectivity index (χ0v) is 13.6. The zero-order chi connectivity index (χ0) is 16.9. The highest BCUT2D eigenvalue weighted by molar-refractivity contribution is 5.92. The van der Waals surface area contributed by atoms with Crippen molar-refractivity contribution >= 4 is 5.91 Å². The molecular formula is C18H19N3O3. The van der Waals surface area contributed by atoms with Crippen molar-refractivity contribution in [1.29, 1.82) is 0 Å². The minimum absolute atomic E-state index is 0.0756. The van der Waals surface area contributed by atoms with E-state index in [2.05, 4.69) is 15.4 Å². The van der Waals surface area contributed by atoms with Gasteiger partial charge in [0.25, 0.3) is 5.91 Å². The molecule has 0 fully saturated rings. The Morgan fingerprint density at radius 1 is 1.17 bits per heavy atom. The lowest BCUT2D eigenvalue weighted by molar-refractivity contribution is 0.0933. The summed E-state index contributed by atoms with van der Waals surface area (Å²) in [5.74, 6) is 0.689. The van der Waals surface area contributed by atoms with Gasteiger partial charge in [-0.3, -0.25) is 4.79 Å². The van der Waals surface area contributed by atoms with Gasteiger partial charge in [-0.2, -0.15) is 0 Å². The van der Waals surface area contributed by atoms with Crippen LogP contribution in [0.4, 0.5) is 0 Å². The van der Waals surface area contributed by atoms with Crippen molar-refractivity contribution in [2.45, 2.75) is 6.04 Å². The van der Waals surface area contributed by atoms with Crippen molar-refractivity contribution in [1.82, 2.24) is 15.4 Å². The lowest BCUT2D eigenvalue weighted by Gasteiger charge is -2.24. The number of benzene rings is 1. The maximum Gasteiger partial charge on any atom is 0.273 e. The predicted molar refractivity (Wildman–Crippen MR) is 89.4 cm³/mol. The summed E-state index contributed by atoms with van der Waals surface area (Å²) in [6.07, 6.45) is 1.54. The molecule has 0 saturated carbocycles. The number of aromatic nitrogens is 1. The van der Waals surface area contributed by atoms with E-state index in [0.717, 1.165) is 5.56 Å². The Balaban J connectivity index is 1.66. The molecule has 1 atom stereocenters. The third kappa shape index (κ3) is 3.55. The number of carbonyl (C=O) groups excluding carboxylic acids is 1. The molecule has 0 spiro atoms. The van der Waals surface area contributed by atoms with E-state index < -0.39 is 0 Å². The van der Waals surface area contributed by atoms with Gasteiger partial charge in [0, 0.05) is 12.6 Å². The lowest BCUT2D eigenvalue weighted by atomic mass is 10.1. The Morgan fingerprint density at radius 2 is 1.96 bits per heavy atom. The Morgan fingerprint density at radius 3 is 2.62 bits per heavy atom. The first-order chi connectivity index (χ1) is 11.6. The molecule has 0 aliphatic heterocycles. The minimum Gasteiger partial charge on any atom is -0.461 e. The van der Waals surface area contributed by atoms with Crippen LogP contribution in [0.2, 0.25) is 0 Å². The van der Waals surface area contributed by atoms with E-state index in [-0.39, 0.29) is 17.6 Å². The Kier molecular flexibility index (Phi) is 4.77. The highest BCUT2D eigenvalue weighted by Crippen LogP contribution is 2.21. The molecule has 0 radical (unpaired) electrons. The fourth-order valence-electron chi connectivity index (χ4n) is 2.47. The average Bonchev–Trinajstić information content (AvgIpc) is 3.27. The minimum atomic E-state index is -0.278. The van der Waals surface area contributed by atoms with Gasteiger partial charge in [0.1, 0.15) is 0 Å². The van der Waals surface area contributed by atoms with Gasteiger partial charge in [-0.15, -0.1) is 0 Å². The molecule has 3 rings (SSSR count). The van der Waals surface area contributed by atoms with Crippen LogP contribution in [0.1, 0.15) is 22.1 Å². The summed E-state index contributed by atoms with van der Waals surface area (Å²) in [6, 6.07) is 15.2. The van der Waals surface area contributed by atoms with Gasteiger partial charge in [0.2, 0.25) is 5.76 Å². The van der Waals surface area contributed by atoms with Gasteiger partial charge in [0.15, 0.2) is 11.5 Å². The molecule has 6 nitrogen and oxygen atoms in total. The highest BCUT2D eigenvalue weighted by atomic mass is 16.5. The number of likely N-dealkylation sites (N-methyl/N-ethyl adjacent to an activating group) is 1. The summed E-state index contributed by atoms with van der Waals surface area (Å²) in [5, 5.41) is 6.71. The molecule has 0 aliphatic carbocycles. The van der Waals surface area contributed by atoms with E-state index in [1.807, 2.05) is 44.4 Å². The van der Waals surface area contributed by atoms with Crippen molar-refractivity contribution in [3.63, 3.8) is 0 Å². The van der Waals surface area contributed by atoms with Crippen LogP contribution in [0.5, 0.6) is 0 Å². The second-order valence-electron chi connectivity index (χ2n) is 5.65. The van der Waals surface area contributed by atoms with Crippen LogP contribution in [0, 0.1) is 0 Å². The van der Waals surface area contributed by atoms with Gasteiger partial charge in [-0.1, -0.05) is 35.5 Å². The molecule has 1 aromatic carbocycles. The number of amides is 1. The van der Waals surface area contributed by atoms with Crippen LogP contribution in [0.15, 0.2) is 63.7 Å². The number of nitrogens with one attached hydrogen (secondary N) is 1. The average molecular weight is 325 g/mol. The number of furan rings is 1. The quantitative estimate of drug-likeness (QED) is 0.754. The predicted octanol–water partition coefficient (Wildman–Crippen LogP) is 2.97. The fraction of sp³-hybridized carbons (Fsp3) is 0.222. The van der Waals surface area contributed by atoms with E-state index in [0.29, 0.717) is 18.1 Å². The van der Waals surface area contributed by atoms with Gasteiger partial charge in [0.05, 0.1) is 12.3 Å². The highest BCUT2D eigenvalue weighted by Gasteiger charge is 2.18. The molecule has 24 heavy (non-hydrogen) atoms. The van der Waals surface area contributed by atoms with E-state index in [1.165, 1.54) is 0 Å². The molecule has 1 N–H and O–H groups in total. The van der Waals surface area contributed by atoms with Gasteiger partial charge >= 0.3 is 0 Å². The second-order valence-corrected chi connectivity index (χ2v) is 5.65. The van der Waals surface area contributed by atoms with E-state index in [4.69, 9.17) is 8.94 Å². The monoisotopic (exact) mass is 325 g/mol. The van der Waals surface area contributed by atoms with Crippen LogP contribution < -0.4 is 5.32 Å². The fourth-order valence-corrected chi connectivity index (χ4v) is 2.47. The largest absolute Gasteiger partial charge is 0.461 e. The van der Waals surface area contributed by atoms with Crippen molar-refractivity contribution in [2.75, 3.05) is 20.6 Å². The molecule has 0 saturated heterocycles. The molecule has 124 valence electrons. The summed E-state index contributed by atoms with van der Waals surface area (Å²) in [7, 11) is 3.96. The molecule has 2 aromatic heterocycles. The van der Waals surface area contributed by atoms with Gasteiger partial charge in [-0.05, 0) is 31.8 Å². The Bertz CT molecular complexity index is 779. The number of hydrogen-bond acceptors (Lipinski definition) is 5. The SMILES string of the molecule is CN(C)C(CNC(=O)c1cc(-c2ccco2)on1)c1ccccc1. The van der Waals surface area contributed by atoms with Crippen LogP contribution in [-0.4, -0.2) is 36.6 Å². The molecular weight excluding hydrogens is 306 g/mol. The third-order valence-corrected chi connectivity index (χ3v) is 3.77. The normalized spacial score (nSPS) is 12.3. The Hall–Kier alpha value is -2.86. The first kappa shape index (κ1) is 16.0. The van der Waals surface area contributed by atoms with Crippen LogP contribution >= 0.6 is 0 Å². The van der Waals surface area contributed by atoms with E-state index in [9.17, 15) is 4.79 Å². The lowest BCUT2D eigenvalue weighted by Crippen LogP contribution is -2.34. The number of nitrogens with zero attached hydrogens (tertiary/aromatic N) is 2. The van der Waals surface area contributed by atoms with E-state index >= 15 is 0 Å². The number of carbonyl (C=O) groups is 1. The summed E-state index contributed by atoms with van der Waals surface area (Å²) in [5.41, 5.74) is 1.37. The summed E-state index contributed by atoms with van der Waals surface area (Å²) < 4.78 is 10.4. The third-order valence-electron chi connectivity index (χ3n) is 3.77. The number of hydrogen-bond donors (Lipinski definition) is 1. The zero-order valence-electron chi connectivity index (χ0n) is 13.6. The second kappa shape index (κ2) is 7.14. The van der Waals surface area contributed by atoms with Crippen molar-refractivity contribution < 1.29 is 13.7 Å². The summed E-state index contributed by atoms with van der Waals surface area (Å²) in [4.78, 5) is 14.4. The van der Waals surface area contributed by atoms with Crippen LogP contribution in [0.25, 0.3) is 11.5 Å². The smallest absolute Gasteiger partial charge is 0.273 e. The van der Waals surface area contributed by atoms with Crippen molar-refractivity contribution in [3.05, 3.63) is 66.1 Å². The first-order valence-corrected chi connectivity index (χ1v) is 7.65. The van der Waals surface area contributed by atoms with Crippen molar-refractivity contribution in [2.24, 2.45) is 0 Å². The maximum absolute atomic E-state index is 12.3. The molecule has 0 bridgehead atoms. The topological polar surface area (TPSA) is 71.5 Å².